The normalized spacial score (nSPS) is 33.7. The zero-order chi connectivity index (χ0) is 23.4. The Kier molecular flexibility index (Phi) is 4.83. The predicted octanol–water partition coefficient (Wildman–Crippen LogP) is 5.49. The predicted molar refractivity (Wildman–Crippen MR) is 118 cm³/mol. The molecule has 3 fully saturated rings. The molecule has 0 aromatic heterocycles. The quantitative estimate of drug-likeness (QED) is 0.580. The third-order valence-electron chi connectivity index (χ3n) is 7.42. The van der Waals surface area contributed by atoms with Crippen molar-refractivity contribution in [3.8, 4) is 18.2 Å². The summed E-state index contributed by atoms with van der Waals surface area (Å²) in [5.74, 6) is -3.18. The molecule has 8 heteroatoms. The van der Waals surface area contributed by atoms with Crippen molar-refractivity contribution < 1.29 is 13.9 Å². The van der Waals surface area contributed by atoms with Crippen LogP contribution in [-0.2, 0) is 9.47 Å². The van der Waals surface area contributed by atoms with Crippen molar-refractivity contribution in [2.75, 3.05) is 0 Å². The van der Waals surface area contributed by atoms with Crippen LogP contribution < -0.4 is 0 Å². The molecule has 1 saturated carbocycles. The molecule has 164 valence electrons. The van der Waals surface area contributed by atoms with E-state index in [9.17, 15) is 20.2 Å². The fraction of sp³-hybridized carbons (Fsp3) is 0.360. The molecule has 1 N–H and O–H groups in total. The SMILES string of the molecule is N#CC1(C#N)C(c2cc(Br)ccc2F)OC23CCC(c4ccccc4)CC2C1(C#N)C(=N)O3. The molecule has 33 heavy (non-hydrogen) atoms. The van der Waals surface area contributed by atoms with Gasteiger partial charge in [-0.25, -0.2) is 4.39 Å². The van der Waals surface area contributed by atoms with Crippen LogP contribution in [0.1, 0.15) is 42.4 Å². The average Bonchev–Trinajstić information content (AvgIpc) is 3.04. The second-order valence-corrected chi connectivity index (χ2v) is 9.71. The Morgan fingerprint density at radius 2 is 1.79 bits per heavy atom. The van der Waals surface area contributed by atoms with E-state index in [0.717, 1.165) is 5.56 Å². The fourth-order valence-corrected chi connectivity index (χ4v) is 6.24. The molecule has 5 atom stereocenters. The van der Waals surface area contributed by atoms with Crippen molar-refractivity contribution in [2.24, 2.45) is 16.7 Å². The second kappa shape index (κ2) is 7.39. The highest BCUT2D eigenvalue weighted by Gasteiger charge is 2.81. The lowest BCUT2D eigenvalue weighted by Gasteiger charge is -2.52. The van der Waals surface area contributed by atoms with E-state index in [4.69, 9.17) is 14.9 Å². The Hall–Kier alpha value is -3.25. The first-order valence-electron chi connectivity index (χ1n) is 10.6. The molecule has 2 heterocycles. The van der Waals surface area contributed by atoms with Crippen LogP contribution in [0, 0.1) is 62.0 Å². The minimum atomic E-state index is -2.18. The molecule has 0 radical (unpaired) electrons. The van der Waals surface area contributed by atoms with Crippen LogP contribution in [0.4, 0.5) is 4.39 Å². The number of nitriles is 3. The number of hydrogen-bond acceptors (Lipinski definition) is 6. The number of benzene rings is 2. The van der Waals surface area contributed by atoms with E-state index in [-0.39, 0.29) is 11.5 Å². The van der Waals surface area contributed by atoms with E-state index in [2.05, 4.69) is 22.0 Å². The fourth-order valence-electron chi connectivity index (χ4n) is 5.86. The van der Waals surface area contributed by atoms with Crippen LogP contribution in [0.5, 0.6) is 0 Å². The molecule has 6 nitrogen and oxygen atoms in total. The summed E-state index contributed by atoms with van der Waals surface area (Å²) in [7, 11) is 0. The number of nitrogens with zero attached hydrogens (tertiary/aromatic N) is 3. The highest BCUT2D eigenvalue weighted by molar-refractivity contribution is 9.10. The van der Waals surface area contributed by atoms with Crippen molar-refractivity contribution in [1.29, 1.82) is 21.2 Å². The van der Waals surface area contributed by atoms with Crippen LogP contribution in [0.2, 0.25) is 0 Å². The van der Waals surface area contributed by atoms with E-state index in [0.29, 0.717) is 23.7 Å². The van der Waals surface area contributed by atoms with Gasteiger partial charge in [0.1, 0.15) is 11.9 Å². The van der Waals surface area contributed by atoms with E-state index in [1.54, 1.807) is 0 Å². The summed E-state index contributed by atoms with van der Waals surface area (Å²) in [6, 6.07) is 20.1. The summed E-state index contributed by atoms with van der Waals surface area (Å²) in [6.07, 6.45) is 0.00711. The van der Waals surface area contributed by atoms with Crippen LogP contribution in [-0.4, -0.2) is 11.7 Å². The molecule has 0 spiro atoms. The molecule has 2 aromatic carbocycles. The van der Waals surface area contributed by atoms with E-state index < -0.39 is 40.4 Å². The van der Waals surface area contributed by atoms with E-state index in [1.807, 2.05) is 42.5 Å². The van der Waals surface area contributed by atoms with Gasteiger partial charge in [0, 0.05) is 16.5 Å². The molecule has 5 rings (SSSR count). The standard InChI is InChI=1S/C25H18BrFN4O2/c26-17-6-7-19(27)18(11-17)21-23(12-28,13-29)24(14-30)20-10-16(15-4-2-1-3-5-15)8-9-25(20,32-21)33-22(24)31/h1-7,11,16,20-21,31H,8-10H2. The van der Waals surface area contributed by atoms with Crippen LogP contribution in [0.25, 0.3) is 0 Å². The van der Waals surface area contributed by atoms with Gasteiger partial charge in [-0.3, -0.25) is 5.41 Å². The van der Waals surface area contributed by atoms with Crippen molar-refractivity contribution in [1.82, 2.24) is 0 Å². The number of rotatable bonds is 2. The lowest BCUT2D eigenvalue weighted by atomic mass is 9.50. The van der Waals surface area contributed by atoms with Gasteiger partial charge in [-0.2, -0.15) is 15.8 Å². The first-order chi connectivity index (χ1) is 15.9. The zero-order valence-electron chi connectivity index (χ0n) is 17.4. The lowest BCUT2D eigenvalue weighted by molar-refractivity contribution is -0.296. The van der Waals surface area contributed by atoms with Gasteiger partial charge in [0.15, 0.2) is 5.41 Å². The minimum Gasteiger partial charge on any atom is -0.447 e. The molecule has 0 amide bonds. The molecule has 2 saturated heterocycles. The maximum absolute atomic E-state index is 15.0. The van der Waals surface area contributed by atoms with Gasteiger partial charge in [0.2, 0.25) is 17.1 Å². The summed E-state index contributed by atoms with van der Waals surface area (Å²) in [4.78, 5) is 0. The van der Waals surface area contributed by atoms with Crippen LogP contribution in [0.3, 0.4) is 0 Å². The molecular formula is C25H18BrFN4O2. The third kappa shape index (κ3) is 2.67. The molecule has 2 bridgehead atoms. The van der Waals surface area contributed by atoms with Crippen molar-refractivity contribution >= 4 is 21.8 Å². The number of hydrogen-bond donors (Lipinski definition) is 1. The Bertz CT molecular complexity index is 1270. The summed E-state index contributed by atoms with van der Waals surface area (Å²) in [5.41, 5.74) is -3.02. The monoisotopic (exact) mass is 504 g/mol. The largest absolute Gasteiger partial charge is 0.447 e. The van der Waals surface area contributed by atoms with E-state index in [1.165, 1.54) is 18.2 Å². The van der Waals surface area contributed by atoms with Crippen molar-refractivity contribution in [2.45, 2.75) is 37.1 Å². The molecule has 1 aliphatic carbocycles. The highest BCUT2D eigenvalue weighted by atomic mass is 79.9. The molecule has 2 aliphatic heterocycles. The third-order valence-corrected chi connectivity index (χ3v) is 7.91. The minimum absolute atomic E-state index is 0.0200. The second-order valence-electron chi connectivity index (χ2n) is 8.79. The lowest BCUT2D eigenvalue weighted by Crippen LogP contribution is -2.61. The van der Waals surface area contributed by atoms with Gasteiger partial charge < -0.3 is 9.47 Å². The van der Waals surface area contributed by atoms with Crippen LogP contribution in [0.15, 0.2) is 53.0 Å². The Morgan fingerprint density at radius 1 is 1.06 bits per heavy atom. The summed E-state index contributed by atoms with van der Waals surface area (Å²) in [6.45, 7) is 0. The summed E-state index contributed by atoms with van der Waals surface area (Å²) < 4.78 is 27.8. The van der Waals surface area contributed by atoms with Gasteiger partial charge in [-0.05, 0) is 42.5 Å². The van der Waals surface area contributed by atoms with Gasteiger partial charge in [0.25, 0.3) is 0 Å². The van der Waals surface area contributed by atoms with Crippen LogP contribution >= 0.6 is 15.9 Å². The van der Waals surface area contributed by atoms with E-state index >= 15 is 0 Å². The number of halogens is 2. The zero-order valence-corrected chi connectivity index (χ0v) is 19.0. The summed E-state index contributed by atoms with van der Waals surface area (Å²) >= 11 is 3.31. The Morgan fingerprint density at radius 3 is 2.45 bits per heavy atom. The molecular weight excluding hydrogens is 487 g/mol. The number of ether oxygens (including phenoxy) is 2. The van der Waals surface area contributed by atoms with Gasteiger partial charge in [0.05, 0.1) is 24.1 Å². The maximum atomic E-state index is 15.0. The smallest absolute Gasteiger partial charge is 0.217 e. The Labute approximate surface area is 198 Å². The van der Waals surface area contributed by atoms with Gasteiger partial charge in [-0.15, -0.1) is 0 Å². The number of nitrogens with one attached hydrogen (secondary N) is 1. The topological polar surface area (TPSA) is 114 Å². The first kappa shape index (κ1) is 21.6. The first-order valence-corrected chi connectivity index (χ1v) is 11.4. The molecule has 5 unspecified atom stereocenters. The van der Waals surface area contributed by atoms with Gasteiger partial charge >= 0.3 is 0 Å². The van der Waals surface area contributed by atoms with Crippen molar-refractivity contribution in [3.05, 3.63) is 69.9 Å². The molecule has 3 aliphatic rings. The van der Waals surface area contributed by atoms with Crippen molar-refractivity contribution in [3.63, 3.8) is 0 Å². The van der Waals surface area contributed by atoms with Gasteiger partial charge in [-0.1, -0.05) is 46.3 Å². The highest BCUT2D eigenvalue weighted by Crippen LogP contribution is 2.70. The average molecular weight is 505 g/mol. The summed E-state index contributed by atoms with van der Waals surface area (Å²) in [5, 5.41) is 39.8. The maximum Gasteiger partial charge on any atom is 0.217 e. The Balaban J connectivity index is 1.71. The molecule has 2 aromatic rings.